The number of nitrogens with zero attached hydrogens (tertiary/aromatic N) is 2. The van der Waals surface area contributed by atoms with Gasteiger partial charge in [-0.15, -0.1) is 0 Å². The molecule has 108 valence electrons. The molecule has 0 saturated carbocycles. The zero-order chi connectivity index (χ0) is 13.9. The Morgan fingerprint density at radius 1 is 1.63 bits per heavy atom. The maximum absolute atomic E-state index is 12.6. The first-order valence-electron chi connectivity index (χ1n) is 6.16. The van der Waals surface area contributed by atoms with Crippen LogP contribution in [0.15, 0.2) is 11.2 Å². The third kappa shape index (κ3) is 3.31. The van der Waals surface area contributed by atoms with Crippen molar-refractivity contribution in [3.8, 4) is 0 Å². The lowest BCUT2D eigenvalue weighted by atomic mass is 10.3. The molecule has 1 N–H and O–H groups in total. The SMILES string of the molecule is COCCN(C1CCSC1)S(=O)(=O)c1cnc(C)[nH]1. The Hall–Kier alpha value is -0.570. The van der Waals surface area contributed by atoms with Crippen molar-refractivity contribution >= 4 is 21.8 Å². The van der Waals surface area contributed by atoms with Crippen LogP contribution in [0.25, 0.3) is 0 Å². The normalized spacial score (nSPS) is 20.3. The number of methoxy groups -OCH3 is 1. The Morgan fingerprint density at radius 2 is 2.42 bits per heavy atom. The lowest BCUT2D eigenvalue weighted by molar-refractivity contribution is 0.169. The summed E-state index contributed by atoms with van der Waals surface area (Å²) < 4.78 is 31.8. The van der Waals surface area contributed by atoms with Gasteiger partial charge in [0.05, 0.1) is 12.8 Å². The monoisotopic (exact) mass is 305 g/mol. The summed E-state index contributed by atoms with van der Waals surface area (Å²) in [5.74, 6) is 2.45. The van der Waals surface area contributed by atoms with E-state index in [0.29, 0.717) is 19.0 Å². The fourth-order valence-electron chi connectivity index (χ4n) is 2.09. The fourth-order valence-corrected chi connectivity index (χ4v) is 5.01. The summed E-state index contributed by atoms with van der Waals surface area (Å²) >= 11 is 1.79. The van der Waals surface area contributed by atoms with Crippen LogP contribution < -0.4 is 0 Å². The van der Waals surface area contributed by atoms with E-state index in [1.165, 1.54) is 6.20 Å². The third-order valence-electron chi connectivity index (χ3n) is 3.09. The van der Waals surface area contributed by atoms with E-state index in [1.807, 2.05) is 0 Å². The lowest BCUT2D eigenvalue weighted by Gasteiger charge is -2.26. The molecule has 0 aliphatic carbocycles. The number of aromatic amines is 1. The second kappa shape index (κ2) is 6.25. The van der Waals surface area contributed by atoms with Gasteiger partial charge in [-0.1, -0.05) is 0 Å². The quantitative estimate of drug-likeness (QED) is 0.843. The number of imidazole rings is 1. The average Bonchev–Trinajstić information content (AvgIpc) is 3.00. The lowest BCUT2D eigenvalue weighted by Crippen LogP contribution is -2.42. The van der Waals surface area contributed by atoms with Gasteiger partial charge in [-0.25, -0.2) is 13.4 Å². The number of ether oxygens (including phenoxy) is 1. The number of hydrogen-bond acceptors (Lipinski definition) is 5. The molecular weight excluding hydrogens is 286 g/mol. The summed E-state index contributed by atoms with van der Waals surface area (Å²) in [4.78, 5) is 6.78. The van der Waals surface area contributed by atoms with Crippen molar-refractivity contribution in [2.75, 3.05) is 31.8 Å². The van der Waals surface area contributed by atoms with E-state index in [1.54, 1.807) is 30.1 Å². The summed E-state index contributed by atoms with van der Waals surface area (Å²) in [6.07, 6.45) is 2.27. The molecule has 1 fully saturated rings. The van der Waals surface area contributed by atoms with Gasteiger partial charge in [-0.3, -0.25) is 0 Å². The van der Waals surface area contributed by atoms with Crippen molar-refractivity contribution in [1.82, 2.24) is 14.3 Å². The van der Waals surface area contributed by atoms with Crippen molar-refractivity contribution < 1.29 is 13.2 Å². The standard InChI is InChI=1S/C11H19N3O3S2/c1-9-12-7-11(13-9)19(15,16)14(4-5-17-2)10-3-6-18-8-10/h7,10H,3-6,8H2,1-2H3,(H,12,13). The smallest absolute Gasteiger partial charge is 0.260 e. The number of thioether (sulfide) groups is 1. The molecule has 2 heterocycles. The molecule has 0 aromatic carbocycles. The van der Waals surface area contributed by atoms with Crippen LogP contribution in [0.5, 0.6) is 0 Å². The van der Waals surface area contributed by atoms with Crippen molar-refractivity contribution in [3.05, 3.63) is 12.0 Å². The number of sulfonamides is 1. The highest BCUT2D eigenvalue weighted by Crippen LogP contribution is 2.26. The molecule has 6 nitrogen and oxygen atoms in total. The molecule has 0 spiro atoms. The molecule has 1 saturated heterocycles. The van der Waals surface area contributed by atoms with Crippen molar-refractivity contribution in [2.45, 2.75) is 24.4 Å². The summed E-state index contributed by atoms with van der Waals surface area (Å²) in [6, 6.07) is 0.0498. The minimum Gasteiger partial charge on any atom is -0.383 e. The van der Waals surface area contributed by atoms with Gasteiger partial charge >= 0.3 is 0 Å². The van der Waals surface area contributed by atoms with Crippen LogP contribution >= 0.6 is 11.8 Å². The van der Waals surface area contributed by atoms with E-state index in [-0.39, 0.29) is 11.1 Å². The van der Waals surface area contributed by atoms with Gasteiger partial charge in [0.15, 0.2) is 5.03 Å². The molecule has 1 aromatic rings. The van der Waals surface area contributed by atoms with E-state index in [4.69, 9.17) is 4.74 Å². The van der Waals surface area contributed by atoms with Crippen LogP contribution in [0.2, 0.25) is 0 Å². The number of nitrogens with one attached hydrogen (secondary N) is 1. The molecule has 1 aromatic heterocycles. The maximum atomic E-state index is 12.6. The second-order valence-corrected chi connectivity index (χ2v) is 7.47. The molecule has 2 rings (SSSR count). The number of aromatic nitrogens is 2. The van der Waals surface area contributed by atoms with E-state index in [0.717, 1.165) is 17.9 Å². The Bertz CT molecular complexity index is 509. The molecule has 1 unspecified atom stereocenters. The minimum absolute atomic E-state index is 0.0498. The van der Waals surface area contributed by atoms with Gasteiger partial charge in [-0.2, -0.15) is 16.1 Å². The van der Waals surface area contributed by atoms with Crippen molar-refractivity contribution in [2.24, 2.45) is 0 Å². The van der Waals surface area contributed by atoms with Crippen LogP contribution in [0.1, 0.15) is 12.2 Å². The Morgan fingerprint density at radius 3 is 2.95 bits per heavy atom. The van der Waals surface area contributed by atoms with Gasteiger partial charge in [0, 0.05) is 25.4 Å². The zero-order valence-corrected chi connectivity index (χ0v) is 12.8. The van der Waals surface area contributed by atoms with Gasteiger partial charge in [0.25, 0.3) is 10.0 Å². The molecule has 1 aliphatic heterocycles. The first-order chi connectivity index (χ1) is 9.05. The van der Waals surface area contributed by atoms with Crippen LogP contribution in [0.3, 0.4) is 0 Å². The number of rotatable bonds is 6. The van der Waals surface area contributed by atoms with E-state index in [9.17, 15) is 8.42 Å². The summed E-state index contributed by atoms with van der Waals surface area (Å²) in [5.41, 5.74) is 0. The molecule has 19 heavy (non-hydrogen) atoms. The molecule has 0 bridgehead atoms. The van der Waals surface area contributed by atoms with Crippen LogP contribution in [-0.4, -0.2) is 60.5 Å². The molecule has 0 radical (unpaired) electrons. The van der Waals surface area contributed by atoms with Gasteiger partial charge in [0.2, 0.25) is 0 Å². The highest BCUT2D eigenvalue weighted by Gasteiger charge is 2.34. The highest BCUT2D eigenvalue weighted by molar-refractivity contribution is 7.99. The van der Waals surface area contributed by atoms with Crippen LogP contribution in [0.4, 0.5) is 0 Å². The number of aryl methyl sites for hydroxylation is 1. The first kappa shape index (κ1) is 14.8. The first-order valence-corrected chi connectivity index (χ1v) is 8.75. The molecule has 1 atom stereocenters. The van der Waals surface area contributed by atoms with Crippen molar-refractivity contribution in [3.63, 3.8) is 0 Å². The average molecular weight is 305 g/mol. The highest BCUT2D eigenvalue weighted by atomic mass is 32.2. The summed E-state index contributed by atoms with van der Waals surface area (Å²) in [7, 11) is -1.94. The Kier molecular flexibility index (Phi) is 4.88. The van der Waals surface area contributed by atoms with Crippen LogP contribution in [-0.2, 0) is 14.8 Å². The molecular formula is C11H19N3O3S2. The van der Waals surface area contributed by atoms with E-state index in [2.05, 4.69) is 9.97 Å². The minimum atomic E-state index is -3.51. The van der Waals surface area contributed by atoms with Gasteiger partial charge < -0.3 is 9.72 Å². The maximum Gasteiger partial charge on any atom is 0.260 e. The van der Waals surface area contributed by atoms with Crippen molar-refractivity contribution in [1.29, 1.82) is 0 Å². The molecule has 8 heteroatoms. The second-order valence-electron chi connectivity index (χ2n) is 4.46. The predicted octanol–water partition coefficient (Wildman–Crippen LogP) is 0.861. The number of H-pyrrole nitrogens is 1. The summed E-state index contributed by atoms with van der Waals surface area (Å²) in [5, 5.41) is 0.165. The van der Waals surface area contributed by atoms with E-state index >= 15 is 0 Å². The summed E-state index contributed by atoms with van der Waals surface area (Å²) in [6.45, 7) is 2.51. The number of hydrogen-bond donors (Lipinski definition) is 1. The zero-order valence-electron chi connectivity index (χ0n) is 11.1. The van der Waals surface area contributed by atoms with Gasteiger partial charge in [0.1, 0.15) is 5.82 Å². The van der Waals surface area contributed by atoms with E-state index < -0.39 is 10.0 Å². The fraction of sp³-hybridized carbons (Fsp3) is 0.727. The molecule has 1 aliphatic rings. The largest absolute Gasteiger partial charge is 0.383 e. The van der Waals surface area contributed by atoms with Gasteiger partial charge in [-0.05, 0) is 19.1 Å². The molecule has 0 amide bonds. The van der Waals surface area contributed by atoms with Crippen LogP contribution in [0, 0.1) is 6.92 Å². The Balaban J connectivity index is 2.25. The third-order valence-corrected chi connectivity index (χ3v) is 6.10. The predicted molar refractivity (Wildman–Crippen MR) is 74.8 cm³/mol. The topological polar surface area (TPSA) is 75.3 Å². The Labute approximate surface area is 118 Å².